The van der Waals surface area contributed by atoms with Gasteiger partial charge in [0.15, 0.2) is 0 Å². The van der Waals surface area contributed by atoms with Gasteiger partial charge in [0.25, 0.3) is 5.91 Å². The van der Waals surface area contributed by atoms with Gasteiger partial charge >= 0.3 is 0 Å². The first-order valence-corrected chi connectivity index (χ1v) is 8.34. The zero-order chi connectivity index (χ0) is 15.9. The number of likely N-dealkylation sites (tertiary alicyclic amines) is 1. The summed E-state index contributed by atoms with van der Waals surface area (Å²) in [6.07, 6.45) is 3.64. The normalized spacial score (nSPS) is 16.5. The molecule has 4 heteroatoms. The fourth-order valence-electron chi connectivity index (χ4n) is 2.82. The molecule has 0 spiro atoms. The van der Waals surface area contributed by atoms with Crippen molar-refractivity contribution in [3.05, 3.63) is 29.8 Å². The molecule has 0 unspecified atom stereocenters. The first-order valence-electron chi connectivity index (χ1n) is 8.34. The van der Waals surface area contributed by atoms with Crippen molar-refractivity contribution >= 4 is 11.6 Å². The highest BCUT2D eigenvalue weighted by atomic mass is 16.1. The van der Waals surface area contributed by atoms with E-state index < -0.39 is 0 Å². The highest BCUT2D eigenvalue weighted by molar-refractivity contribution is 5.95. The summed E-state index contributed by atoms with van der Waals surface area (Å²) in [6.45, 7) is 6.58. The summed E-state index contributed by atoms with van der Waals surface area (Å²) in [4.78, 5) is 16.7. The fourth-order valence-corrected chi connectivity index (χ4v) is 2.82. The van der Waals surface area contributed by atoms with Crippen LogP contribution >= 0.6 is 0 Å². The minimum atomic E-state index is 0.0240. The molecule has 0 radical (unpaired) electrons. The summed E-state index contributed by atoms with van der Waals surface area (Å²) in [5, 5.41) is 3.03. The summed E-state index contributed by atoms with van der Waals surface area (Å²) >= 11 is 0. The number of carbonyl (C=O) groups is 1. The molecule has 0 saturated carbocycles. The van der Waals surface area contributed by atoms with Gasteiger partial charge in [-0.05, 0) is 63.0 Å². The van der Waals surface area contributed by atoms with Gasteiger partial charge in [-0.1, -0.05) is 13.0 Å². The molecule has 1 fully saturated rings. The number of nitrogens with one attached hydrogen (secondary N) is 1. The molecule has 1 aliphatic heterocycles. The van der Waals surface area contributed by atoms with Crippen LogP contribution in [0.3, 0.4) is 0 Å². The highest BCUT2D eigenvalue weighted by Crippen LogP contribution is 2.16. The molecule has 122 valence electrons. The van der Waals surface area contributed by atoms with Crippen LogP contribution in [0.5, 0.6) is 0 Å². The summed E-state index contributed by atoms with van der Waals surface area (Å²) in [6, 6.07) is 7.74. The molecule has 0 bridgehead atoms. The summed E-state index contributed by atoms with van der Waals surface area (Å²) < 4.78 is 0. The monoisotopic (exact) mass is 303 g/mol. The molecule has 1 N–H and O–H groups in total. The molecular weight excluding hydrogens is 274 g/mol. The second kappa shape index (κ2) is 8.18. The number of nitrogens with zero attached hydrogens (tertiary/aromatic N) is 2. The van der Waals surface area contributed by atoms with E-state index in [1.807, 2.05) is 43.3 Å². The predicted molar refractivity (Wildman–Crippen MR) is 92.6 cm³/mol. The molecule has 0 atom stereocenters. The standard InChI is InChI=1S/C18H29N3O/c1-15-8-12-21(13-9-15)11-5-10-19-18(22)16-6-4-7-17(14-16)20(2)3/h4,6-7,14-15H,5,8-13H2,1-3H3,(H,19,22). The molecule has 0 aromatic heterocycles. The molecule has 1 saturated heterocycles. The van der Waals surface area contributed by atoms with E-state index in [0.717, 1.165) is 36.7 Å². The Morgan fingerprint density at radius 2 is 2.05 bits per heavy atom. The third-order valence-corrected chi connectivity index (χ3v) is 4.44. The highest BCUT2D eigenvalue weighted by Gasteiger charge is 2.15. The Morgan fingerprint density at radius 1 is 1.32 bits per heavy atom. The molecule has 1 aromatic rings. The maximum Gasteiger partial charge on any atom is 0.251 e. The van der Waals surface area contributed by atoms with Gasteiger partial charge in [0.1, 0.15) is 0 Å². The Morgan fingerprint density at radius 3 is 2.73 bits per heavy atom. The Labute approximate surface area is 134 Å². The fraction of sp³-hybridized carbons (Fsp3) is 0.611. The van der Waals surface area contributed by atoms with Crippen molar-refractivity contribution < 1.29 is 4.79 Å². The van der Waals surface area contributed by atoms with E-state index >= 15 is 0 Å². The Hall–Kier alpha value is -1.55. The second-order valence-electron chi connectivity index (χ2n) is 6.58. The summed E-state index contributed by atoms with van der Waals surface area (Å²) in [5.41, 5.74) is 1.79. The predicted octanol–water partition coefficient (Wildman–Crippen LogP) is 2.60. The minimum absolute atomic E-state index is 0.0240. The van der Waals surface area contributed by atoms with E-state index in [-0.39, 0.29) is 5.91 Å². The van der Waals surface area contributed by atoms with Crippen LogP contribution in [0.1, 0.15) is 36.5 Å². The van der Waals surface area contributed by atoms with E-state index in [4.69, 9.17) is 0 Å². The molecule has 1 amide bonds. The molecule has 22 heavy (non-hydrogen) atoms. The van der Waals surface area contributed by atoms with Gasteiger partial charge in [0, 0.05) is 31.9 Å². The molecule has 1 heterocycles. The third kappa shape index (κ3) is 5.02. The van der Waals surface area contributed by atoms with Crippen molar-refractivity contribution in [2.45, 2.75) is 26.2 Å². The number of anilines is 1. The lowest BCUT2D eigenvalue weighted by Gasteiger charge is -2.30. The number of benzene rings is 1. The lowest BCUT2D eigenvalue weighted by molar-refractivity contribution is 0.0950. The van der Waals surface area contributed by atoms with Crippen molar-refractivity contribution in [3.8, 4) is 0 Å². The van der Waals surface area contributed by atoms with Crippen molar-refractivity contribution in [2.75, 3.05) is 45.2 Å². The second-order valence-corrected chi connectivity index (χ2v) is 6.58. The average Bonchev–Trinajstić information content (AvgIpc) is 2.53. The van der Waals surface area contributed by atoms with Crippen molar-refractivity contribution in [3.63, 3.8) is 0 Å². The lowest BCUT2D eigenvalue weighted by Crippen LogP contribution is -2.35. The average molecular weight is 303 g/mol. The van der Waals surface area contributed by atoms with Crippen LogP contribution in [0.25, 0.3) is 0 Å². The van der Waals surface area contributed by atoms with Crippen LogP contribution in [0.2, 0.25) is 0 Å². The zero-order valence-corrected chi connectivity index (χ0v) is 14.1. The molecule has 1 aromatic carbocycles. The Bertz CT molecular complexity index is 479. The number of amides is 1. The van der Waals surface area contributed by atoms with Gasteiger partial charge in [-0.2, -0.15) is 0 Å². The van der Waals surface area contributed by atoms with Crippen LogP contribution in [0.15, 0.2) is 24.3 Å². The van der Waals surface area contributed by atoms with Gasteiger partial charge in [-0.15, -0.1) is 0 Å². The first kappa shape index (κ1) is 16.8. The Kier molecular flexibility index (Phi) is 6.25. The number of carbonyl (C=O) groups excluding carboxylic acids is 1. The zero-order valence-electron chi connectivity index (χ0n) is 14.1. The van der Waals surface area contributed by atoms with E-state index in [1.54, 1.807) is 0 Å². The molecule has 1 aliphatic rings. The summed E-state index contributed by atoms with van der Waals surface area (Å²) in [5.74, 6) is 0.899. The van der Waals surface area contributed by atoms with Gasteiger partial charge in [-0.3, -0.25) is 4.79 Å². The number of rotatable bonds is 6. The van der Waals surface area contributed by atoms with Crippen LogP contribution in [0, 0.1) is 5.92 Å². The van der Waals surface area contributed by atoms with E-state index in [0.29, 0.717) is 0 Å². The molecule has 0 aliphatic carbocycles. The quantitative estimate of drug-likeness (QED) is 0.821. The van der Waals surface area contributed by atoms with Gasteiger partial charge in [0.05, 0.1) is 0 Å². The van der Waals surface area contributed by atoms with E-state index in [1.165, 1.54) is 25.9 Å². The van der Waals surface area contributed by atoms with E-state index in [2.05, 4.69) is 17.1 Å². The SMILES string of the molecule is CC1CCN(CCCNC(=O)c2cccc(N(C)C)c2)CC1. The van der Waals surface area contributed by atoms with Gasteiger partial charge in [-0.25, -0.2) is 0 Å². The largest absolute Gasteiger partial charge is 0.378 e. The smallest absolute Gasteiger partial charge is 0.251 e. The molecule has 2 rings (SSSR count). The van der Waals surface area contributed by atoms with Crippen molar-refractivity contribution in [1.29, 1.82) is 0 Å². The van der Waals surface area contributed by atoms with Gasteiger partial charge < -0.3 is 15.1 Å². The van der Waals surface area contributed by atoms with Crippen molar-refractivity contribution in [1.82, 2.24) is 10.2 Å². The van der Waals surface area contributed by atoms with Crippen molar-refractivity contribution in [2.24, 2.45) is 5.92 Å². The third-order valence-electron chi connectivity index (χ3n) is 4.44. The Balaban J connectivity index is 1.70. The number of hydrogen-bond donors (Lipinski definition) is 1. The first-order chi connectivity index (χ1) is 10.6. The van der Waals surface area contributed by atoms with Crippen LogP contribution < -0.4 is 10.2 Å². The molecule has 4 nitrogen and oxygen atoms in total. The number of hydrogen-bond acceptors (Lipinski definition) is 3. The van der Waals surface area contributed by atoms with E-state index in [9.17, 15) is 4.79 Å². The molecular formula is C18H29N3O. The van der Waals surface area contributed by atoms with Crippen LogP contribution in [-0.2, 0) is 0 Å². The van der Waals surface area contributed by atoms with Gasteiger partial charge in [0.2, 0.25) is 0 Å². The maximum absolute atomic E-state index is 12.2. The summed E-state index contributed by atoms with van der Waals surface area (Å²) in [7, 11) is 3.97. The minimum Gasteiger partial charge on any atom is -0.378 e. The number of piperidine rings is 1. The lowest BCUT2D eigenvalue weighted by atomic mass is 9.99. The topological polar surface area (TPSA) is 35.6 Å². The van der Waals surface area contributed by atoms with Crippen LogP contribution in [-0.4, -0.2) is 51.1 Å². The van der Waals surface area contributed by atoms with Crippen LogP contribution in [0.4, 0.5) is 5.69 Å². The maximum atomic E-state index is 12.2.